The number of anilines is 2. The average molecular weight is 278 g/mol. The number of nitrogens with zero attached hydrogens (tertiary/aromatic N) is 6. The van der Waals surface area contributed by atoms with E-state index < -0.39 is 4.92 Å². The smallest absolute Gasteiger partial charge is 0.329 e. The highest BCUT2D eigenvalue weighted by molar-refractivity contribution is 5.58. The summed E-state index contributed by atoms with van der Waals surface area (Å²) in [5.41, 5.74) is 2.99. The number of hydrogen-bond donors (Lipinski definition) is 2. The third-order valence-electron chi connectivity index (χ3n) is 2.62. The number of nitrogens with two attached hydrogens (primary N) is 1. The Morgan fingerprint density at radius 2 is 2.30 bits per heavy atom. The third-order valence-corrected chi connectivity index (χ3v) is 2.62. The molecule has 0 saturated carbocycles. The first-order chi connectivity index (χ1) is 9.51. The fourth-order valence-electron chi connectivity index (χ4n) is 1.75. The lowest BCUT2D eigenvalue weighted by Crippen LogP contribution is -2.21. The average Bonchev–Trinajstić information content (AvgIpc) is 2.83. The maximum Gasteiger partial charge on any atom is 0.329 e. The highest BCUT2D eigenvalue weighted by Gasteiger charge is 2.21. The largest absolute Gasteiger partial charge is 0.349 e. The molecule has 0 aliphatic rings. The van der Waals surface area contributed by atoms with E-state index in [1.807, 2.05) is 6.20 Å². The number of aromatic nitrogens is 4. The zero-order valence-electron chi connectivity index (χ0n) is 11.0. The van der Waals surface area contributed by atoms with Gasteiger partial charge in [-0.1, -0.05) is 0 Å². The van der Waals surface area contributed by atoms with E-state index in [-0.39, 0.29) is 17.5 Å². The van der Waals surface area contributed by atoms with Crippen LogP contribution >= 0.6 is 0 Å². The number of hydrazine groups is 1. The molecule has 0 aliphatic heterocycles. The Morgan fingerprint density at radius 3 is 2.85 bits per heavy atom. The maximum atomic E-state index is 11.0. The van der Waals surface area contributed by atoms with Gasteiger partial charge in [0.2, 0.25) is 11.8 Å². The molecule has 106 valence electrons. The molecule has 10 nitrogen and oxygen atoms in total. The topological polar surface area (TPSA) is 128 Å². The Balaban J connectivity index is 2.31. The Kier molecular flexibility index (Phi) is 3.75. The van der Waals surface area contributed by atoms with E-state index in [1.165, 1.54) is 0 Å². The van der Waals surface area contributed by atoms with Crippen molar-refractivity contribution in [3.8, 4) is 0 Å². The molecule has 0 atom stereocenters. The number of aryl methyl sites for hydroxylation is 1. The first-order valence-corrected chi connectivity index (χ1v) is 5.68. The van der Waals surface area contributed by atoms with Crippen LogP contribution in [0, 0.1) is 10.1 Å². The van der Waals surface area contributed by atoms with E-state index >= 15 is 0 Å². The predicted molar refractivity (Wildman–Crippen MR) is 71.8 cm³/mol. The van der Waals surface area contributed by atoms with Gasteiger partial charge in [-0.3, -0.25) is 20.2 Å². The molecular formula is C10H14N8O2. The number of rotatable bonds is 5. The van der Waals surface area contributed by atoms with Crippen molar-refractivity contribution >= 4 is 17.5 Å². The van der Waals surface area contributed by atoms with Gasteiger partial charge in [-0.2, -0.15) is 10.1 Å². The molecule has 10 heteroatoms. The van der Waals surface area contributed by atoms with E-state index in [0.29, 0.717) is 6.54 Å². The summed E-state index contributed by atoms with van der Waals surface area (Å²) in [4.78, 5) is 19.9. The Bertz CT molecular complexity index is 625. The van der Waals surface area contributed by atoms with E-state index in [2.05, 4.69) is 20.5 Å². The summed E-state index contributed by atoms with van der Waals surface area (Å²) in [6.07, 6.45) is 4.63. The molecule has 0 aliphatic carbocycles. The van der Waals surface area contributed by atoms with E-state index in [4.69, 9.17) is 5.84 Å². The van der Waals surface area contributed by atoms with Crippen LogP contribution in [-0.2, 0) is 13.6 Å². The monoisotopic (exact) mass is 278 g/mol. The van der Waals surface area contributed by atoms with Crippen molar-refractivity contribution in [3.05, 3.63) is 34.3 Å². The molecule has 0 saturated heterocycles. The SMILES string of the molecule is CN(Cc1cnn(C)c1)c1nc(NN)ncc1[N+](=O)[O-]. The first kappa shape index (κ1) is 13.7. The van der Waals surface area contributed by atoms with Crippen LogP contribution in [0.5, 0.6) is 0 Å². The molecule has 0 radical (unpaired) electrons. The Morgan fingerprint density at radius 1 is 1.55 bits per heavy atom. The van der Waals surface area contributed by atoms with Crippen molar-refractivity contribution in [2.24, 2.45) is 12.9 Å². The summed E-state index contributed by atoms with van der Waals surface area (Å²) < 4.78 is 1.66. The minimum absolute atomic E-state index is 0.114. The molecule has 2 aromatic rings. The second kappa shape index (κ2) is 5.48. The quantitative estimate of drug-likeness (QED) is 0.445. The molecule has 20 heavy (non-hydrogen) atoms. The van der Waals surface area contributed by atoms with Crippen LogP contribution in [0.4, 0.5) is 17.5 Å². The Hall–Kier alpha value is -2.75. The number of nitro groups is 1. The number of nitrogen functional groups attached to an aromatic ring is 1. The summed E-state index contributed by atoms with van der Waals surface area (Å²) in [6.45, 7) is 0.426. The molecule has 2 heterocycles. The zero-order valence-corrected chi connectivity index (χ0v) is 11.0. The van der Waals surface area contributed by atoms with E-state index in [9.17, 15) is 10.1 Å². The summed E-state index contributed by atoms with van der Waals surface area (Å²) in [7, 11) is 3.50. The zero-order chi connectivity index (χ0) is 14.7. The van der Waals surface area contributed by atoms with Crippen LogP contribution in [0.3, 0.4) is 0 Å². The van der Waals surface area contributed by atoms with Crippen molar-refractivity contribution in [1.29, 1.82) is 0 Å². The molecule has 2 rings (SSSR count). The fourth-order valence-corrected chi connectivity index (χ4v) is 1.75. The predicted octanol–water partition coefficient (Wildman–Crippen LogP) is 0.0403. The van der Waals surface area contributed by atoms with Crippen molar-refractivity contribution < 1.29 is 4.92 Å². The highest BCUT2D eigenvalue weighted by atomic mass is 16.6. The van der Waals surface area contributed by atoms with Gasteiger partial charge in [0.25, 0.3) is 0 Å². The van der Waals surface area contributed by atoms with Crippen molar-refractivity contribution in [2.75, 3.05) is 17.4 Å². The molecule has 0 fully saturated rings. The van der Waals surface area contributed by atoms with Crippen LogP contribution in [0.25, 0.3) is 0 Å². The van der Waals surface area contributed by atoms with Gasteiger partial charge in [0, 0.05) is 32.4 Å². The second-order valence-electron chi connectivity index (χ2n) is 4.18. The molecule has 2 aromatic heterocycles. The van der Waals surface area contributed by atoms with Crippen LogP contribution in [-0.4, -0.2) is 31.7 Å². The first-order valence-electron chi connectivity index (χ1n) is 5.68. The van der Waals surface area contributed by atoms with Gasteiger partial charge >= 0.3 is 5.69 Å². The van der Waals surface area contributed by atoms with Gasteiger partial charge in [0.15, 0.2) is 0 Å². The molecular weight excluding hydrogens is 264 g/mol. The van der Waals surface area contributed by atoms with Crippen LogP contribution < -0.4 is 16.2 Å². The summed E-state index contributed by atoms with van der Waals surface area (Å²) in [5.74, 6) is 5.52. The number of nitrogens with one attached hydrogen (secondary N) is 1. The standard InChI is InChI=1S/C10H14N8O2/c1-16(5-7-3-13-17(2)6-7)9-8(18(19)20)4-12-10(14-9)15-11/h3-4,6H,5,11H2,1-2H3,(H,12,14,15). The second-order valence-corrected chi connectivity index (χ2v) is 4.18. The molecule has 3 N–H and O–H groups in total. The van der Waals surface area contributed by atoms with Gasteiger partial charge < -0.3 is 4.90 Å². The Labute approximate surface area is 114 Å². The van der Waals surface area contributed by atoms with Gasteiger partial charge in [0.05, 0.1) is 11.1 Å². The molecule has 0 unspecified atom stereocenters. The van der Waals surface area contributed by atoms with Crippen LogP contribution in [0.2, 0.25) is 0 Å². The van der Waals surface area contributed by atoms with Crippen LogP contribution in [0.1, 0.15) is 5.56 Å². The van der Waals surface area contributed by atoms with Crippen LogP contribution in [0.15, 0.2) is 18.6 Å². The fraction of sp³-hybridized carbons (Fsp3) is 0.300. The lowest BCUT2D eigenvalue weighted by atomic mass is 10.3. The number of hydrogen-bond acceptors (Lipinski definition) is 8. The van der Waals surface area contributed by atoms with Crippen molar-refractivity contribution in [1.82, 2.24) is 19.7 Å². The summed E-state index contributed by atoms with van der Waals surface area (Å²) in [5, 5.41) is 15.1. The molecule has 0 amide bonds. The maximum absolute atomic E-state index is 11.0. The molecule has 0 spiro atoms. The normalized spacial score (nSPS) is 10.3. The van der Waals surface area contributed by atoms with Gasteiger partial charge in [-0.05, 0) is 0 Å². The molecule has 0 aromatic carbocycles. The van der Waals surface area contributed by atoms with Crippen molar-refractivity contribution in [2.45, 2.75) is 6.54 Å². The van der Waals surface area contributed by atoms with Gasteiger partial charge in [-0.15, -0.1) is 0 Å². The third kappa shape index (κ3) is 2.80. The minimum atomic E-state index is -0.532. The van der Waals surface area contributed by atoms with E-state index in [1.54, 1.807) is 29.9 Å². The summed E-state index contributed by atoms with van der Waals surface area (Å²) >= 11 is 0. The van der Waals surface area contributed by atoms with E-state index in [0.717, 1.165) is 11.8 Å². The highest BCUT2D eigenvalue weighted by Crippen LogP contribution is 2.25. The van der Waals surface area contributed by atoms with Gasteiger partial charge in [-0.25, -0.2) is 10.8 Å². The van der Waals surface area contributed by atoms with Crippen molar-refractivity contribution in [3.63, 3.8) is 0 Å². The molecule has 0 bridgehead atoms. The lowest BCUT2D eigenvalue weighted by Gasteiger charge is -2.17. The summed E-state index contributed by atoms with van der Waals surface area (Å²) in [6, 6.07) is 0. The minimum Gasteiger partial charge on any atom is -0.349 e. The lowest BCUT2D eigenvalue weighted by molar-refractivity contribution is -0.384. The van der Waals surface area contributed by atoms with Gasteiger partial charge in [0.1, 0.15) is 6.20 Å².